The van der Waals surface area contributed by atoms with Crippen LogP contribution >= 0.6 is 11.3 Å². The fraction of sp³-hybridized carbons (Fsp3) is 0.161. The summed E-state index contributed by atoms with van der Waals surface area (Å²) in [6.07, 6.45) is 0. The number of likely N-dealkylation sites (tertiary alicyclic amines) is 1. The van der Waals surface area contributed by atoms with E-state index in [2.05, 4.69) is 0 Å². The van der Waals surface area contributed by atoms with E-state index in [-0.39, 0.29) is 17.9 Å². The summed E-state index contributed by atoms with van der Waals surface area (Å²) >= 11 is 1.51. The third kappa shape index (κ3) is 5.06. The van der Waals surface area contributed by atoms with Crippen LogP contribution in [0.15, 0.2) is 95.9 Å². The van der Waals surface area contributed by atoms with Gasteiger partial charge in [-0.3, -0.25) is 9.59 Å². The predicted molar refractivity (Wildman–Crippen MR) is 147 cm³/mol. The Hall–Kier alpha value is -4.36. The maximum absolute atomic E-state index is 13.3. The van der Waals surface area contributed by atoms with Crippen molar-refractivity contribution in [3.8, 4) is 11.5 Å². The molecule has 0 radical (unpaired) electrons. The van der Waals surface area contributed by atoms with E-state index in [1.54, 1.807) is 37.4 Å². The molecule has 1 aliphatic rings. The van der Waals surface area contributed by atoms with Gasteiger partial charge in [0.05, 0.1) is 25.3 Å². The Balaban J connectivity index is 1.52. The Labute approximate surface area is 225 Å². The molecular weight excluding hydrogens is 498 g/mol. The molecule has 192 valence electrons. The van der Waals surface area contributed by atoms with E-state index in [9.17, 15) is 14.7 Å². The van der Waals surface area contributed by atoms with Crippen LogP contribution in [0.2, 0.25) is 0 Å². The number of ether oxygens (including phenoxy) is 2. The molecule has 5 rings (SSSR count). The minimum absolute atomic E-state index is 0.0529. The average molecular weight is 526 g/mol. The van der Waals surface area contributed by atoms with Crippen molar-refractivity contribution in [1.29, 1.82) is 0 Å². The van der Waals surface area contributed by atoms with Gasteiger partial charge in [0.2, 0.25) is 0 Å². The van der Waals surface area contributed by atoms with Gasteiger partial charge >= 0.3 is 0 Å². The summed E-state index contributed by atoms with van der Waals surface area (Å²) < 4.78 is 11.4. The molecule has 0 spiro atoms. The SMILES string of the molecule is COc1cccc(C2/C(=C(/O)c3ccc(OCc4ccccc4)c(C)c3)C(=O)C(=O)N2Cc2cccs2)c1. The van der Waals surface area contributed by atoms with Crippen molar-refractivity contribution in [2.45, 2.75) is 26.1 Å². The largest absolute Gasteiger partial charge is 0.507 e. The zero-order chi connectivity index (χ0) is 26.6. The first-order valence-corrected chi connectivity index (χ1v) is 13.1. The van der Waals surface area contributed by atoms with Crippen molar-refractivity contribution in [3.63, 3.8) is 0 Å². The standard InChI is InChI=1S/C31H27NO5S/c1-20-16-23(13-14-26(20)37-19-21-8-4-3-5-9-21)29(33)27-28(22-10-6-11-24(17-22)36-2)32(31(35)30(27)34)18-25-12-7-15-38-25/h3-17,28,33H,18-19H2,1-2H3/b29-27-. The van der Waals surface area contributed by atoms with Gasteiger partial charge in [0, 0.05) is 10.4 Å². The van der Waals surface area contributed by atoms with E-state index in [0.29, 0.717) is 29.2 Å². The van der Waals surface area contributed by atoms with Gasteiger partial charge in [-0.15, -0.1) is 11.3 Å². The number of aliphatic hydroxyl groups is 1. The number of ketones is 1. The lowest BCUT2D eigenvalue weighted by atomic mass is 9.94. The molecule has 1 unspecified atom stereocenters. The van der Waals surface area contributed by atoms with Crippen LogP contribution in [0.3, 0.4) is 0 Å². The monoisotopic (exact) mass is 525 g/mol. The fourth-order valence-electron chi connectivity index (χ4n) is 4.62. The molecule has 1 fully saturated rings. The smallest absolute Gasteiger partial charge is 0.295 e. The molecule has 7 heteroatoms. The van der Waals surface area contributed by atoms with Crippen LogP contribution in [0.25, 0.3) is 5.76 Å². The molecule has 0 saturated carbocycles. The first-order valence-electron chi connectivity index (χ1n) is 12.2. The predicted octanol–water partition coefficient (Wildman–Crippen LogP) is 6.27. The Morgan fingerprint density at radius 2 is 1.79 bits per heavy atom. The Kier molecular flexibility index (Phi) is 7.29. The van der Waals surface area contributed by atoms with Gasteiger partial charge in [0.15, 0.2) is 0 Å². The molecule has 1 atom stereocenters. The third-order valence-corrected chi connectivity index (χ3v) is 7.40. The summed E-state index contributed by atoms with van der Waals surface area (Å²) in [5, 5.41) is 13.4. The Morgan fingerprint density at radius 1 is 0.974 bits per heavy atom. The Bertz CT molecular complexity index is 1490. The van der Waals surface area contributed by atoms with Gasteiger partial charge in [0.25, 0.3) is 11.7 Å². The quantitative estimate of drug-likeness (QED) is 0.167. The normalized spacial score (nSPS) is 16.6. The molecule has 0 bridgehead atoms. The van der Waals surface area contributed by atoms with Gasteiger partial charge in [0.1, 0.15) is 23.9 Å². The first-order chi connectivity index (χ1) is 18.5. The summed E-state index contributed by atoms with van der Waals surface area (Å²) in [6, 6.07) is 25.4. The van der Waals surface area contributed by atoms with Crippen LogP contribution in [0.1, 0.15) is 33.2 Å². The molecular formula is C31H27NO5S. The lowest BCUT2D eigenvalue weighted by Gasteiger charge is -2.25. The third-order valence-electron chi connectivity index (χ3n) is 6.54. The number of nitrogens with zero attached hydrogens (tertiary/aromatic N) is 1. The van der Waals surface area contributed by atoms with Crippen LogP contribution in [-0.2, 0) is 22.7 Å². The van der Waals surface area contributed by atoms with Crippen LogP contribution in [0.4, 0.5) is 0 Å². The first kappa shape index (κ1) is 25.3. The lowest BCUT2D eigenvalue weighted by Crippen LogP contribution is -2.28. The number of Topliss-reactive ketones (excluding diaryl/α,β-unsaturated/α-hetero) is 1. The van der Waals surface area contributed by atoms with E-state index in [1.165, 1.54) is 16.2 Å². The number of carbonyl (C=O) groups is 2. The second-order valence-corrected chi connectivity index (χ2v) is 10.1. The average Bonchev–Trinajstić information content (AvgIpc) is 3.55. The van der Waals surface area contributed by atoms with E-state index < -0.39 is 17.7 Å². The van der Waals surface area contributed by atoms with Crippen molar-refractivity contribution in [3.05, 3.63) is 123 Å². The van der Waals surface area contributed by atoms with Gasteiger partial charge in [-0.25, -0.2) is 0 Å². The van der Waals surface area contributed by atoms with Crippen molar-refractivity contribution in [2.75, 3.05) is 7.11 Å². The molecule has 6 nitrogen and oxygen atoms in total. The van der Waals surface area contributed by atoms with Gasteiger partial charge in [-0.1, -0.05) is 48.5 Å². The van der Waals surface area contributed by atoms with Crippen LogP contribution in [-0.4, -0.2) is 28.8 Å². The molecule has 1 N–H and O–H groups in total. The summed E-state index contributed by atoms with van der Waals surface area (Å²) in [5.41, 5.74) is 3.02. The number of carbonyl (C=O) groups excluding carboxylic acids is 2. The lowest BCUT2D eigenvalue weighted by molar-refractivity contribution is -0.140. The van der Waals surface area contributed by atoms with Crippen molar-refractivity contribution < 1.29 is 24.2 Å². The van der Waals surface area contributed by atoms with Gasteiger partial charge in [-0.2, -0.15) is 0 Å². The molecule has 3 aromatic carbocycles. The molecule has 0 aliphatic carbocycles. The van der Waals surface area contributed by atoms with Crippen molar-refractivity contribution >= 4 is 28.8 Å². The zero-order valence-electron chi connectivity index (χ0n) is 21.1. The number of methoxy groups -OCH3 is 1. The van der Waals surface area contributed by atoms with Crippen molar-refractivity contribution in [2.24, 2.45) is 0 Å². The molecule has 4 aromatic rings. The number of hydrogen-bond donors (Lipinski definition) is 1. The van der Waals surface area contributed by atoms with Gasteiger partial charge in [-0.05, 0) is 65.4 Å². The highest BCUT2D eigenvalue weighted by molar-refractivity contribution is 7.09. The second kappa shape index (κ2) is 10.9. The van der Waals surface area contributed by atoms with Crippen LogP contribution < -0.4 is 9.47 Å². The topological polar surface area (TPSA) is 76.1 Å². The molecule has 1 saturated heterocycles. The summed E-state index contributed by atoms with van der Waals surface area (Å²) in [4.78, 5) is 29.0. The molecule has 38 heavy (non-hydrogen) atoms. The van der Waals surface area contributed by atoms with E-state index in [0.717, 1.165) is 16.0 Å². The highest BCUT2D eigenvalue weighted by Crippen LogP contribution is 2.41. The summed E-state index contributed by atoms with van der Waals surface area (Å²) in [5.74, 6) is -0.309. The Morgan fingerprint density at radius 3 is 2.50 bits per heavy atom. The van der Waals surface area contributed by atoms with E-state index >= 15 is 0 Å². The molecule has 1 aliphatic heterocycles. The highest BCUT2D eigenvalue weighted by atomic mass is 32.1. The second-order valence-electron chi connectivity index (χ2n) is 9.04. The van der Waals surface area contributed by atoms with E-state index in [1.807, 2.05) is 66.9 Å². The van der Waals surface area contributed by atoms with E-state index in [4.69, 9.17) is 9.47 Å². The number of hydrogen-bond acceptors (Lipinski definition) is 6. The highest BCUT2D eigenvalue weighted by Gasteiger charge is 2.46. The fourth-order valence-corrected chi connectivity index (χ4v) is 5.32. The molecule has 1 aromatic heterocycles. The maximum Gasteiger partial charge on any atom is 0.295 e. The number of aliphatic hydroxyl groups excluding tert-OH is 1. The maximum atomic E-state index is 13.3. The number of aryl methyl sites for hydroxylation is 1. The molecule has 1 amide bonds. The minimum atomic E-state index is -0.762. The molecule has 2 heterocycles. The number of rotatable bonds is 8. The number of benzene rings is 3. The number of amides is 1. The number of thiophene rings is 1. The van der Waals surface area contributed by atoms with Crippen LogP contribution in [0, 0.1) is 6.92 Å². The minimum Gasteiger partial charge on any atom is -0.507 e. The van der Waals surface area contributed by atoms with Crippen LogP contribution in [0.5, 0.6) is 11.5 Å². The van der Waals surface area contributed by atoms with Gasteiger partial charge < -0.3 is 19.5 Å². The summed E-state index contributed by atoms with van der Waals surface area (Å²) in [6.45, 7) is 2.55. The van der Waals surface area contributed by atoms with Crippen molar-refractivity contribution in [1.82, 2.24) is 4.90 Å². The zero-order valence-corrected chi connectivity index (χ0v) is 21.9. The summed E-state index contributed by atoms with van der Waals surface area (Å²) in [7, 11) is 1.56.